The Bertz CT molecular complexity index is 787. The minimum Gasteiger partial charge on any atom is -0.325 e. The first kappa shape index (κ1) is 17.5. The second-order valence-electron chi connectivity index (χ2n) is 4.92. The van der Waals surface area contributed by atoms with Gasteiger partial charge in [-0.25, -0.2) is 13.1 Å². The summed E-state index contributed by atoms with van der Waals surface area (Å²) in [5, 5.41) is 2.67. The first-order valence-electron chi connectivity index (χ1n) is 6.91. The van der Waals surface area contributed by atoms with E-state index in [0.29, 0.717) is 5.69 Å². The Balaban J connectivity index is 1.96. The number of carbonyl (C=O) groups is 1. The number of hydrogen-bond acceptors (Lipinski definition) is 4. The number of benzene rings is 2. The minimum atomic E-state index is -3.69. The summed E-state index contributed by atoms with van der Waals surface area (Å²) in [5.74, 6) is -0.418. The van der Waals surface area contributed by atoms with Crippen LogP contribution in [-0.2, 0) is 14.8 Å². The fourth-order valence-electron chi connectivity index (χ4n) is 1.87. The highest BCUT2D eigenvalue weighted by Crippen LogP contribution is 2.18. The van der Waals surface area contributed by atoms with E-state index in [0.717, 1.165) is 10.5 Å². The van der Waals surface area contributed by atoms with Gasteiger partial charge in [-0.15, -0.1) is 11.8 Å². The quantitative estimate of drug-likeness (QED) is 0.786. The maximum atomic E-state index is 12.1. The molecular formula is C16H18N2O3S2. The van der Waals surface area contributed by atoms with Crippen molar-refractivity contribution in [3.05, 3.63) is 54.1 Å². The van der Waals surface area contributed by atoms with E-state index in [9.17, 15) is 13.2 Å². The standard InChI is InChI=1S/C16H18N2O3S2/c1-12-6-8-15(9-7-12)23(20,21)17-11-16(19)18-13-4-3-5-14(10-13)22-2/h3-10,17H,11H2,1-2H3,(H,18,19). The van der Waals surface area contributed by atoms with E-state index in [4.69, 9.17) is 0 Å². The van der Waals surface area contributed by atoms with Crippen LogP contribution in [0.2, 0.25) is 0 Å². The maximum absolute atomic E-state index is 12.1. The molecule has 0 fully saturated rings. The van der Waals surface area contributed by atoms with Crippen LogP contribution in [0.25, 0.3) is 0 Å². The Morgan fingerprint density at radius 3 is 2.48 bits per heavy atom. The molecule has 0 aromatic heterocycles. The zero-order valence-corrected chi connectivity index (χ0v) is 14.5. The maximum Gasteiger partial charge on any atom is 0.241 e. The van der Waals surface area contributed by atoms with Crippen LogP contribution in [0.4, 0.5) is 5.69 Å². The molecule has 0 spiro atoms. The summed E-state index contributed by atoms with van der Waals surface area (Å²) in [5.41, 5.74) is 1.60. The molecule has 0 aliphatic carbocycles. The normalized spacial score (nSPS) is 11.2. The molecule has 7 heteroatoms. The lowest BCUT2D eigenvalue weighted by Crippen LogP contribution is -2.32. The van der Waals surface area contributed by atoms with Crippen LogP contribution in [0.1, 0.15) is 5.56 Å². The number of anilines is 1. The van der Waals surface area contributed by atoms with Gasteiger partial charge in [0, 0.05) is 10.6 Å². The van der Waals surface area contributed by atoms with Crippen molar-refractivity contribution in [1.29, 1.82) is 0 Å². The predicted octanol–water partition coefficient (Wildman–Crippen LogP) is 2.63. The molecular weight excluding hydrogens is 332 g/mol. The number of rotatable bonds is 6. The van der Waals surface area contributed by atoms with Crippen molar-refractivity contribution in [1.82, 2.24) is 4.72 Å². The van der Waals surface area contributed by atoms with Crippen LogP contribution in [0.15, 0.2) is 58.3 Å². The molecule has 23 heavy (non-hydrogen) atoms. The van der Waals surface area contributed by atoms with E-state index < -0.39 is 15.9 Å². The number of amides is 1. The molecule has 0 radical (unpaired) electrons. The lowest BCUT2D eigenvalue weighted by atomic mass is 10.2. The fourth-order valence-corrected chi connectivity index (χ4v) is 3.31. The molecule has 0 bridgehead atoms. The predicted molar refractivity (Wildman–Crippen MR) is 93.2 cm³/mol. The van der Waals surface area contributed by atoms with Gasteiger partial charge in [0.2, 0.25) is 15.9 Å². The monoisotopic (exact) mass is 350 g/mol. The van der Waals surface area contributed by atoms with Crippen molar-refractivity contribution in [3.8, 4) is 0 Å². The van der Waals surface area contributed by atoms with Crippen LogP contribution < -0.4 is 10.0 Å². The third kappa shape index (κ3) is 5.09. The third-order valence-electron chi connectivity index (χ3n) is 3.11. The molecule has 2 aromatic rings. The van der Waals surface area contributed by atoms with E-state index in [1.165, 1.54) is 12.1 Å². The molecule has 0 aliphatic rings. The van der Waals surface area contributed by atoms with Gasteiger partial charge >= 0.3 is 0 Å². The highest BCUT2D eigenvalue weighted by atomic mass is 32.2. The third-order valence-corrected chi connectivity index (χ3v) is 5.25. The van der Waals surface area contributed by atoms with Crippen molar-refractivity contribution in [2.24, 2.45) is 0 Å². The van der Waals surface area contributed by atoms with Crippen molar-refractivity contribution in [2.75, 3.05) is 18.1 Å². The zero-order chi connectivity index (χ0) is 16.9. The average Bonchev–Trinajstić information content (AvgIpc) is 2.54. The molecule has 122 valence electrons. The second kappa shape index (κ2) is 7.63. The van der Waals surface area contributed by atoms with Crippen LogP contribution in [-0.4, -0.2) is 27.1 Å². The summed E-state index contributed by atoms with van der Waals surface area (Å²) in [6, 6.07) is 13.8. The van der Waals surface area contributed by atoms with Gasteiger partial charge in [-0.1, -0.05) is 23.8 Å². The van der Waals surface area contributed by atoms with Gasteiger partial charge in [-0.3, -0.25) is 4.79 Å². The molecule has 2 rings (SSSR count). The minimum absolute atomic E-state index is 0.139. The van der Waals surface area contributed by atoms with E-state index in [-0.39, 0.29) is 11.4 Å². The van der Waals surface area contributed by atoms with E-state index in [1.54, 1.807) is 30.0 Å². The first-order valence-corrected chi connectivity index (χ1v) is 9.62. The van der Waals surface area contributed by atoms with Crippen molar-refractivity contribution in [2.45, 2.75) is 16.7 Å². The van der Waals surface area contributed by atoms with Crippen LogP contribution >= 0.6 is 11.8 Å². The summed E-state index contributed by atoms with van der Waals surface area (Å²) < 4.78 is 26.5. The summed E-state index contributed by atoms with van der Waals surface area (Å²) in [6.45, 7) is 1.56. The largest absolute Gasteiger partial charge is 0.325 e. The first-order chi connectivity index (χ1) is 10.9. The molecule has 0 saturated heterocycles. The van der Waals surface area contributed by atoms with Gasteiger partial charge in [-0.2, -0.15) is 0 Å². The lowest BCUT2D eigenvalue weighted by molar-refractivity contribution is -0.115. The number of carbonyl (C=O) groups excluding carboxylic acids is 1. The second-order valence-corrected chi connectivity index (χ2v) is 7.56. The number of nitrogens with one attached hydrogen (secondary N) is 2. The van der Waals surface area contributed by atoms with Gasteiger partial charge in [-0.05, 0) is 43.5 Å². The Morgan fingerprint density at radius 1 is 1.13 bits per heavy atom. The molecule has 0 heterocycles. The molecule has 0 aliphatic heterocycles. The molecule has 0 atom stereocenters. The van der Waals surface area contributed by atoms with E-state index in [2.05, 4.69) is 10.0 Å². The summed E-state index contributed by atoms with van der Waals surface area (Å²) in [6.07, 6.45) is 1.94. The number of hydrogen-bond donors (Lipinski definition) is 2. The highest BCUT2D eigenvalue weighted by molar-refractivity contribution is 7.98. The Morgan fingerprint density at radius 2 is 1.83 bits per heavy atom. The van der Waals surface area contributed by atoms with Gasteiger partial charge < -0.3 is 5.32 Å². The number of sulfonamides is 1. The van der Waals surface area contributed by atoms with Crippen LogP contribution in [0.3, 0.4) is 0 Å². The van der Waals surface area contributed by atoms with Crippen LogP contribution in [0.5, 0.6) is 0 Å². The summed E-state index contributed by atoms with van der Waals surface area (Å²) >= 11 is 1.56. The van der Waals surface area contributed by atoms with E-state index in [1.807, 2.05) is 31.4 Å². The van der Waals surface area contributed by atoms with Gasteiger partial charge in [0.1, 0.15) is 0 Å². The number of aryl methyl sites for hydroxylation is 1. The zero-order valence-electron chi connectivity index (χ0n) is 12.9. The Labute approximate surface area is 140 Å². The fraction of sp³-hybridized carbons (Fsp3) is 0.188. The number of thioether (sulfide) groups is 1. The summed E-state index contributed by atoms with van der Waals surface area (Å²) in [4.78, 5) is 13.1. The molecule has 2 aromatic carbocycles. The molecule has 2 N–H and O–H groups in total. The van der Waals surface area contributed by atoms with E-state index >= 15 is 0 Å². The molecule has 0 unspecified atom stereocenters. The van der Waals surface area contributed by atoms with Crippen molar-refractivity contribution < 1.29 is 13.2 Å². The summed E-state index contributed by atoms with van der Waals surface area (Å²) in [7, 11) is -3.69. The Hall–Kier alpha value is -1.83. The van der Waals surface area contributed by atoms with Gasteiger partial charge in [0.05, 0.1) is 11.4 Å². The lowest BCUT2D eigenvalue weighted by Gasteiger charge is -2.09. The molecule has 1 amide bonds. The molecule has 0 saturated carbocycles. The molecule has 5 nitrogen and oxygen atoms in total. The Kier molecular flexibility index (Phi) is 5.81. The SMILES string of the molecule is CSc1cccc(NC(=O)CNS(=O)(=O)c2ccc(C)cc2)c1. The van der Waals surface area contributed by atoms with Gasteiger partial charge in [0.15, 0.2) is 0 Å². The van der Waals surface area contributed by atoms with Crippen LogP contribution in [0, 0.1) is 6.92 Å². The topological polar surface area (TPSA) is 75.3 Å². The van der Waals surface area contributed by atoms with Crippen molar-refractivity contribution >= 4 is 33.4 Å². The average molecular weight is 350 g/mol. The van der Waals surface area contributed by atoms with Gasteiger partial charge in [0.25, 0.3) is 0 Å². The highest BCUT2D eigenvalue weighted by Gasteiger charge is 2.15. The smallest absolute Gasteiger partial charge is 0.241 e. The van der Waals surface area contributed by atoms with Crippen molar-refractivity contribution in [3.63, 3.8) is 0 Å².